The largest absolute Gasteiger partial charge is 0.495 e. The molecule has 3 rings (SSSR count). The molecular formula is C21H23N2O3+. The van der Waals surface area contributed by atoms with Gasteiger partial charge in [-0.05, 0) is 36.8 Å². The van der Waals surface area contributed by atoms with Crippen molar-refractivity contribution in [3.05, 3.63) is 83.8 Å². The molecule has 134 valence electrons. The Bertz CT molecular complexity index is 845. The molecule has 1 aromatic heterocycles. The Labute approximate surface area is 153 Å². The molecule has 0 saturated carbocycles. The molecule has 0 aliphatic heterocycles. The van der Waals surface area contributed by atoms with Crippen molar-refractivity contribution in [3.8, 4) is 5.75 Å². The highest BCUT2D eigenvalue weighted by atomic mass is 16.5. The highest BCUT2D eigenvalue weighted by Gasteiger charge is 2.25. The first-order valence-electron chi connectivity index (χ1n) is 8.53. The van der Waals surface area contributed by atoms with Crippen molar-refractivity contribution < 1.29 is 19.3 Å². The molecule has 0 saturated heterocycles. The van der Waals surface area contributed by atoms with E-state index in [1.165, 1.54) is 0 Å². The number of rotatable bonds is 7. The summed E-state index contributed by atoms with van der Waals surface area (Å²) in [6, 6.07) is 18.8. The van der Waals surface area contributed by atoms with Gasteiger partial charge < -0.3 is 19.8 Å². The summed E-state index contributed by atoms with van der Waals surface area (Å²) in [5.74, 6) is 1.36. The van der Waals surface area contributed by atoms with Gasteiger partial charge in [0.15, 0.2) is 11.8 Å². The number of benzene rings is 2. The Morgan fingerprint density at radius 1 is 1.15 bits per heavy atom. The first-order valence-corrected chi connectivity index (χ1v) is 8.53. The summed E-state index contributed by atoms with van der Waals surface area (Å²) in [7, 11) is 1.60. The van der Waals surface area contributed by atoms with Gasteiger partial charge in [-0.15, -0.1) is 0 Å². The number of nitrogens with one attached hydrogen (secondary N) is 1. The van der Waals surface area contributed by atoms with E-state index in [0.717, 1.165) is 16.9 Å². The predicted octanol–water partition coefficient (Wildman–Crippen LogP) is 3.04. The molecule has 3 aromatic rings. The Hall–Kier alpha value is -3.05. The number of carbonyl (C=O) groups is 1. The molecule has 5 nitrogen and oxygen atoms in total. The number of furan rings is 1. The maximum absolute atomic E-state index is 13.0. The second-order valence-electron chi connectivity index (χ2n) is 6.10. The Balaban J connectivity index is 1.81. The monoisotopic (exact) mass is 351 g/mol. The molecule has 26 heavy (non-hydrogen) atoms. The molecule has 0 spiro atoms. The minimum Gasteiger partial charge on any atom is -0.495 e. The van der Waals surface area contributed by atoms with E-state index in [0.29, 0.717) is 18.0 Å². The predicted molar refractivity (Wildman–Crippen MR) is 99.9 cm³/mol. The van der Waals surface area contributed by atoms with Crippen LogP contribution < -0.4 is 15.4 Å². The smallest absolute Gasteiger partial charge is 0.287 e. The number of hydrogen-bond acceptors (Lipinski definition) is 3. The van der Waals surface area contributed by atoms with Gasteiger partial charge in [0, 0.05) is 5.56 Å². The average Bonchev–Trinajstić information content (AvgIpc) is 3.16. The normalized spacial score (nSPS) is 11.8. The molecule has 0 unspecified atom stereocenters. The minimum absolute atomic E-state index is 0.105. The van der Waals surface area contributed by atoms with E-state index in [-0.39, 0.29) is 5.91 Å². The summed E-state index contributed by atoms with van der Waals surface area (Å²) in [4.78, 5) is 13.0. The van der Waals surface area contributed by atoms with Crippen molar-refractivity contribution in [3.63, 3.8) is 0 Å². The van der Waals surface area contributed by atoms with E-state index in [2.05, 4.69) is 5.32 Å². The molecule has 0 bridgehead atoms. The summed E-state index contributed by atoms with van der Waals surface area (Å²) < 4.78 is 10.8. The molecule has 0 radical (unpaired) electrons. The van der Waals surface area contributed by atoms with Crippen LogP contribution in [0, 0.1) is 6.92 Å². The lowest BCUT2D eigenvalue weighted by Gasteiger charge is -2.17. The second kappa shape index (κ2) is 8.36. The first-order chi connectivity index (χ1) is 12.7. The number of methoxy groups -OCH3 is 1. The fourth-order valence-electron chi connectivity index (χ4n) is 2.85. The standard InChI is InChI=1S/C21H22N2O3/c1-15-10-11-19(25-2)18(13-15)23-21(24)20(16-7-4-3-5-8-16)22-14-17-9-6-12-26-17/h3-13,20,22H,14H2,1-2H3,(H,23,24)/p+1/t20-/m1/s1. The Morgan fingerprint density at radius 3 is 2.65 bits per heavy atom. The summed E-state index contributed by atoms with van der Waals surface area (Å²) in [6.45, 7) is 2.55. The number of quaternary nitrogens is 1. The number of aryl methyl sites for hydroxylation is 1. The minimum atomic E-state index is -0.397. The number of amides is 1. The summed E-state index contributed by atoms with van der Waals surface area (Å²) in [6.07, 6.45) is 1.64. The maximum atomic E-state index is 13.0. The van der Waals surface area contributed by atoms with Crippen molar-refractivity contribution in [2.45, 2.75) is 19.5 Å². The maximum Gasteiger partial charge on any atom is 0.287 e. The first kappa shape index (κ1) is 17.8. The summed E-state index contributed by atoms with van der Waals surface area (Å²) in [5, 5.41) is 4.97. The quantitative estimate of drug-likeness (QED) is 0.687. The lowest BCUT2D eigenvalue weighted by Crippen LogP contribution is -2.85. The van der Waals surface area contributed by atoms with E-state index >= 15 is 0 Å². The molecule has 1 heterocycles. The van der Waals surface area contributed by atoms with Crippen LogP contribution in [-0.4, -0.2) is 13.0 Å². The van der Waals surface area contributed by atoms with Crippen LogP contribution in [0.2, 0.25) is 0 Å². The lowest BCUT2D eigenvalue weighted by atomic mass is 10.1. The van der Waals surface area contributed by atoms with Gasteiger partial charge in [-0.25, -0.2) is 0 Å². The average molecular weight is 351 g/mol. The van der Waals surface area contributed by atoms with E-state index in [1.807, 2.05) is 72.9 Å². The van der Waals surface area contributed by atoms with Crippen molar-refractivity contribution in [1.82, 2.24) is 0 Å². The van der Waals surface area contributed by atoms with Gasteiger partial charge in [-0.3, -0.25) is 4.79 Å². The molecule has 0 aliphatic carbocycles. The van der Waals surface area contributed by atoms with Crippen LogP contribution in [0.15, 0.2) is 71.3 Å². The molecule has 5 heteroatoms. The summed E-state index contributed by atoms with van der Waals surface area (Å²) in [5.41, 5.74) is 2.66. The Kier molecular flexibility index (Phi) is 5.71. The summed E-state index contributed by atoms with van der Waals surface area (Å²) >= 11 is 0. The van der Waals surface area contributed by atoms with Crippen molar-refractivity contribution in [2.24, 2.45) is 0 Å². The molecule has 0 aliphatic rings. The van der Waals surface area contributed by atoms with Crippen LogP contribution in [0.4, 0.5) is 5.69 Å². The molecular weight excluding hydrogens is 328 g/mol. The van der Waals surface area contributed by atoms with Crippen LogP contribution in [-0.2, 0) is 11.3 Å². The van der Waals surface area contributed by atoms with Gasteiger partial charge >= 0.3 is 0 Å². The van der Waals surface area contributed by atoms with Crippen molar-refractivity contribution in [1.29, 1.82) is 0 Å². The van der Waals surface area contributed by atoms with Gasteiger partial charge in [-0.2, -0.15) is 0 Å². The number of carbonyl (C=O) groups excluding carboxylic acids is 1. The van der Waals surface area contributed by atoms with Crippen LogP contribution in [0.3, 0.4) is 0 Å². The van der Waals surface area contributed by atoms with Gasteiger partial charge in [-0.1, -0.05) is 36.4 Å². The van der Waals surface area contributed by atoms with Crippen molar-refractivity contribution in [2.75, 3.05) is 12.4 Å². The Morgan fingerprint density at radius 2 is 1.96 bits per heavy atom. The van der Waals surface area contributed by atoms with Crippen LogP contribution in [0.25, 0.3) is 0 Å². The number of anilines is 1. The van der Waals surface area contributed by atoms with E-state index in [1.54, 1.807) is 13.4 Å². The zero-order valence-electron chi connectivity index (χ0n) is 14.9. The number of nitrogens with two attached hydrogens (primary N) is 1. The molecule has 2 aromatic carbocycles. The zero-order valence-corrected chi connectivity index (χ0v) is 14.9. The second-order valence-corrected chi connectivity index (χ2v) is 6.10. The van der Waals surface area contributed by atoms with Crippen LogP contribution in [0.5, 0.6) is 5.75 Å². The molecule has 3 N–H and O–H groups in total. The number of hydrogen-bond donors (Lipinski definition) is 2. The van der Waals surface area contributed by atoms with Crippen LogP contribution >= 0.6 is 0 Å². The van der Waals surface area contributed by atoms with Gasteiger partial charge in [0.05, 0.1) is 19.1 Å². The molecule has 1 atom stereocenters. The highest BCUT2D eigenvalue weighted by Crippen LogP contribution is 2.26. The van der Waals surface area contributed by atoms with Crippen molar-refractivity contribution >= 4 is 11.6 Å². The third-order valence-electron chi connectivity index (χ3n) is 4.19. The SMILES string of the molecule is COc1ccc(C)cc1NC(=O)[C@H]([NH2+]Cc1ccco1)c1ccccc1. The van der Waals surface area contributed by atoms with E-state index < -0.39 is 6.04 Å². The fourth-order valence-corrected chi connectivity index (χ4v) is 2.85. The zero-order chi connectivity index (χ0) is 18.4. The fraction of sp³-hybridized carbons (Fsp3) is 0.190. The van der Waals surface area contributed by atoms with Gasteiger partial charge in [0.2, 0.25) is 0 Å². The van der Waals surface area contributed by atoms with Gasteiger partial charge in [0.25, 0.3) is 5.91 Å². The topological polar surface area (TPSA) is 68.1 Å². The van der Waals surface area contributed by atoms with E-state index in [9.17, 15) is 4.79 Å². The lowest BCUT2D eigenvalue weighted by molar-refractivity contribution is -0.699. The molecule has 0 fully saturated rings. The highest BCUT2D eigenvalue weighted by molar-refractivity contribution is 5.95. The third-order valence-corrected chi connectivity index (χ3v) is 4.19. The molecule has 1 amide bonds. The van der Waals surface area contributed by atoms with Crippen LogP contribution in [0.1, 0.15) is 22.9 Å². The number of ether oxygens (including phenoxy) is 1. The van der Waals surface area contributed by atoms with E-state index in [4.69, 9.17) is 9.15 Å². The van der Waals surface area contributed by atoms with Gasteiger partial charge in [0.1, 0.15) is 12.3 Å². The third kappa shape index (κ3) is 4.32.